The summed E-state index contributed by atoms with van der Waals surface area (Å²) in [6.45, 7) is 0.466. The molecule has 4 aliphatic rings. The van der Waals surface area contributed by atoms with Gasteiger partial charge in [-0.1, -0.05) is 77.0 Å². The maximum absolute atomic E-state index is 14.1. The number of halogens is 2. The Hall–Kier alpha value is -3.56. The summed E-state index contributed by atoms with van der Waals surface area (Å²) in [4.78, 5) is 44.1. The van der Waals surface area contributed by atoms with Gasteiger partial charge in [-0.2, -0.15) is 0 Å². The van der Waals surface area contributed by atoms with Crippen molar-refractivity contribution in [2.24, 2.45) is 29.6 Å². The Balaban J connectivity index is 1.16. The smallest absolute Gasteiger partial charge is 0.308 e. The van der Waals surface area contributed by atoms with Gasteiger partial charge in [-0.05, 0) is 78.3 Å². The van der Waals surface area contributed by atoms with Crippen LogP contribution in [0.2, 0.25) is 10.0 Å². The summed E-state index contributed by atoms with van der Waals surface area (Å²) in [6.07, 6.45) is 0.802. The number of furan rings is 1. The van der Waals surface area contributed by atoms with Crippen LogP contribution in [0.15, 0.2) is 105 Å². The van der Waals surface area contributed by atoms with Gasteiger partial charge in [-0.25, -0.2) is 0 Å². The minimum Gasteiger partial charge on any atom is -0.460 e. The van der Waals surface area contributed by atoms with E-state index in [9.17, 15) is 14.4 Å². The summed E-state index contributed by atoms with van der Waals surface area (Å²) >= 11 is 15.7. The highest BCUT2D eigenvalue weighted by Gasteiger charge is 2.70. The van der Waals surface area contributed by atoms with Gasteiger partial charge in [0, 0.05) is 15.8 Å². The molecule has 0 N–H and O–H groups in total. The Kier molecular flexibility index (Phi) is 6.69. The third-order valence-corrected chi connectivity index (χ3v) is 13.7. The molecule has 0 radical (unpaired) electrons. The van der Waals surface area contributed by atoms with E-state index < -0.39 is 5.92 Å². The van der Waals surface area contributed by atoms with Crippen LogP contribution in [0.25, 0.3) is 11.3 Å². The van der Waals surface area contributed by atoms with Crippen molar-refractivity contribution >= 4 is 63.8 Å². The lowest BCUT2D eigenvalue weighted by Gasteiger charge is -2.42. The van der Waals surface area contributed by atoms with Crippen LogP contribution in [-0.4, -0.2) is 21.6 Å². The van der Waals surface area contributed by atoms with Gasteiger partial charge >= 0.3 is 4.87 Å². The highest BCUT2D eigenvalue weighted by Crippen LogP contribution is 2.69. The second kappa shape index (κ2) is 10.7. The van der Waals surface area contributed by atoms with Crippen LogP contribution in [-0.2, 0) is 16.1 Å². The Labute approximate surface area is 282 Å². The number of hydrogen-bond acceptors (Lipinski definition) is 6. The van der Waals surface area contributed by atoms with Crippen LogP contribution < -0.4 is 9.77 Å². The van der Waals surface area contributed by atoms with Gasteiger partial charge in [0.2, 0.25) is 11.8 Å². The zero-order chi connectivity index (χ0) is 31.3. The van der Waals surface area contributed by atoms with Gasteiger partial charge in [-0.15, -0.1) is 11.8 Å². The fourth-order valence-electron chi connectivity index (χ4n) is 8.51. The number of amides is 2. The third kappa shape index (κ3) is 4.20. The van der Waals surface area contributed by atoms with Crippen LogP contribution in [0.4, 0.5) is 5.69 Å². The first-order valence-corrected chi connectivity index (χ1v) is 17.8. The molecule has 7 unspecified atom stereocenters. The van der Waals surface area contributed by atoms with Gasteiger partial charge in [0.15, 0.2) is 0 Å². The number of benzene rings is 3. The number of anilines is 1. The number of imide groups is 1. The SMILES string of the molecule is O=C1C2C3CC(C2C(=O)N1c1ccc(Cl)cc1)C1C(c2ccc(-c4ccccc4Cl)o2)c2sc(=O)n(Cc4ccccc4)c2SC31. The summed E-state index contributed by atoms with van der Waals surface area (Å²) in [6, 6.07) is 28.4. The molecule has 7 atom stereocenters. The van der Waals surface area contributed by atoms with Crippen molar-refractivity contribution < 1.29 is 14.0 Å². The first-order valence-electron chi connectivity index (χ1n) is 15.3. The normalized spacial score (nSPS) is 27.6. The van der Waals surface area contributed by atoms with Gasteiger partial charge < -0.3 is 4.42 Å². The van der Waals surface area contributed by atoms with E-state index in [2.05, 4.69) is 0 Å². The maximum Gasteiger partial charge on any atom is 0.308 e. The average Bonchev–Trinajstić information content (AvgIpc) is 3.87. The standard InChI is InChI=1S/C36H26Cl2N2O4S2/c37-19-10-12-20(13-11-19)40-33(41)28-22-16-23(29(28)34(40)42)31-27(22)30(26-15-14-25(44-26)21-8-4-5-9-24(21)38)32-35(45-31)39(36(43)46-32)17-18-6-2-1-3-7-18/h1-15,22-23,27-31H,16-17H2. The van der Waals surface area contributed by atoms with Crippen molar-refractivity contribution in [3.8, 4) is 11.3 Å². The molecule has 1 saturated heterocycles. The van der Waals surface area contributed by atoms with Gasteiger partial charge in [0.1, 0.15) is 11.5 Å². The summed E-state index contributed by atoms with van der Waals surface area (Å²) < 4.78 is 8.50. The molecule has 3 fully saturated rings. The van der Waals surface area contributed by atoms with E-state index >= 15 is 0 Å². The van der Waals surface area contributed by atoms with Crippen LogP contribution >= 0.6 is 46.3 Å². The van der Waals surface area contributed by atoms with E-state index in [1.807, 2.05) is 71.3 Å². The largest absolute Gasteiger partial charge is 0.460 e. The highest BCUT2D eigenvalue weighted by molar-refractivity contribution is 8.00. The maximum atomic E-state index is 14.1. The van der Waals surface area contributed by atoms with Crippen LogP contribution in [0.3, 0.4) is 0 Å². The van der Waals surface area contributed by atoms with Gasteiger partial charge in [-0.3, -0.25) is 23.9 Å². The van der Waals surface area contributed by atoms with Crippen molar-refractivity contribution in [2.45, 2.75) is 29.2 Å². The van der Waals surface area contributed by atoms with E-state index in [0.717, 1.165) is 33.2 Å². The minimum absolute atomic E-state index is 0.00702. The van der Waals surface area contributed by atoms with Crippen molar-refractivity contribution in [3.63, 3.8) is 0 Å². The number of hydrogen-bond donors (Lipinski definition) is 0. The molecular formula is C36H26Cl2N2O4S2. The summed E-state index contributed by atoms with van der Waals surface area (Å²) in [5.74, 6) is 0.161. The minimum atomic E-state index is -0.403. The van der Waals surface area contributed by atoms with E-state index in [4.69, 9.17) is 27.6 Å². The predicted octanol–water partition coefficient (Wildman–Crippen LogP) is 8.20. The zero-order valence-corrected chi connectivity index (χ0v) is 27.4. The molecule has 4 heterocycles. The molecular weight excluding hydrogens is 659 g/mol. The summed E-state index contributed by atoms with van der Waals surface area (Å²) in [7, 11) is 0. The Morgan fingerprint density at radius 3 is 2.28 bits per heavy atom. The number of fused-ring (bicyclic) bond motifs is 9. The number of aromatic nitrogens is 1. The van der Waals surface area contributed by atoms with Gasteiger partial charge in [0.05, 0.1) is 44.9 Å². The fraction of sp³-hybridized carbons (Fsp3) is 0.250. The summed E-state index contributed by atoms with van der Waals surface area (Å²) in [5, 5.41) is 2.14. The number of nitrogens with zero attached hydrogens (tertiary/aromatic N) is 2. The van der Waals surface area contributed by atoms with Crippen LogP contribution in [0, 0.1) is 29.6 Å². The number of thiazole rings is 1. The Morgan fingerprint density at radius 2 is 1.52 bits per heavy atom. The molecule has 2 aromatic heterocycles. The molecule has 2 saturated carbocycles. The lowest BCUT2D eigenvalue weighted by molar-refractivity contribution is -0.123. The van der Waals surface area contributed by atoms with E-state index in [1.165, 1.54) is 16.2 Å². The molecule has 5 aromatic rings. The van der Waals surface area contributed by atoms with Crippen LogP contribution in [0.1, 0.15) is 28.5 Å². The molecule has 0 spiro atoms. The fourth-order valence-corrected chi connectivity index (χ4v) is 12.0. The van der Waals surface area contributed by atoms with E-state index in [1.54, 1.807) is 36.0 Å². The topological polar surface area (TPSA) is 72.5 Å². The zero-order valence-electron chi connectivity index (χ0n) is 24.2. The summed E-state index contributed by atoms with van der Waals surface area (Å²) in [5.41, 5.74) is 2.41. The Bertz CT molecular complexity index is 2090. The van der Waals surface area contributed by atoms with Gasteiger partial charge in [0.25, 0.3) is 0 Å². The number of carbonyl (C=O) groups excluding carboxylic acids is 2. The molecule has 2 amide bonds. The molecule has 10 heteroatoms. The number of rotatable bonds is 5. The lowest BCUT2D eigenvalue weighted by Crippen LogP contribution is -2.43. The number of carbonyl (C=O) groups is 2. The monoisotopic (exact) mass is 684 g/mol. The van der Waals surface area contributed by atoms with E-state index in [-0.39, 0.29) is 51.5 Å². The molecule has 46 heavy (non-hydrogen) atoms. The molecule has 2 bridgehead atoms. The van der Waals surface area contributed by atoms with Crippen molar-refractivity contribution in [1.29, 1.82) is 0 Å². The molecule has 6 nitrogen and oxygen atoms in total. The quantitative estimate of drug-likeness (QED) is 0.175. The molecule has 2 aliphatic carbocycles. The number of thioether (sulfide) groups is 1. The van der Waals surface area contributed by atoms with Crippen molar-refractivity contribution in [2.75, 3.05) is 4.90 Å². The Morgan fingerprint density at radius 1 is 0.804 bits per heavy atom. The van der Waals surface area contributed by atoms with Crippen LogP contribution in [0.5, 0.6) is 0 Å². The molecule has 2 aliphatic heterocycles. The van der Waals surface area contributed by atoms with Crippen molar-refractivity contribution in [1.82, 2.24) is 4.57 Å². The molecule has 9 rings (SSSR count). The average molecular weight is 686 g/mol. The van der Waals surface area contributed by atoms with E-state index in [0.29, 0.717) is 28.0 Å². The van der Waals surface area contributed by atoms with Crippen molar-refractivity contribution in [3.05, 3.63) is 127 Å². The molecule has 3 aromatic carbocycles. The lowest BCUT2D eigenvalue weighted by atomic mass is 9.69. The predicted molar refractivity (Wildman–Crippen MR) is 181 cm³/mol. The third-order valence-electron chi connectivity index (χ3n) is 10.3. The first kappa shape index (κ1) is 28.6. The highest BCUT2D eigenvalue weighted by atomic mass is 35.5. The second-order valence-electron chi connectivity index (χ2n) is 12.5. The first-order chi connectivity index (χ1) is 22.4. The molecule has 230 valence electrons. The second-order valence-corrected chi connectivity index (χ2v) is 15.5.